The van der Waals surface area contributed by atoms with Crippen LogP contribution in [0.5, 0.6) is 0 Å². The van der Waals surface area contributed by atoms with Gasteiger partial charge in [0.1, 0.15) is 5.84 Å². The largest absolute Gasteiger partial charge is 0.383 e. The van der Waals surface area contributed by atoms with Gasteiger partial charge in [0.25, 0.3) is 0 Å². The fourth-order valence-corrected chi connectivity index (χ4v) is 3.56. The van der Waals surface area contributed by atoms with Crippen molar-refractivity contribution in [3.05, 3.63) is 100 Å². The number of amidine groups is 2. The van der Waals surface area contributed by atoms with Crippen molar-refractivity contribution in [2.75, 3.05) is 0 Å². The standard InChI is InChI=1S/C22H13N3O2/c23-21-14-8-3-4-9-15(14)22(25-21)24-17-11-5-10-16-18(17)20(27)13-7-2-1-6-12(13)19(16)26/h1-11H,(H2,23,24,25). The Balaban J connectivity index is 1.72. The van der Waals surface area contributed by atoms with Crippen LogP contribution in [-0.2, 0) is 0 Å². The quantitative estimate of drug-likeness (QED) is 0.571. The van der Waals surface area contributed by atoms with Crippen LogP contribution < -0.4 is 5.73 Å². The first-order valence-electron chi connectivity index (χ1n) is 8.49. The fraction of sp³-hybridized carbons (Fsp3) is 0. The lowest BCUT2D eigenvalue weighted by Gasteiger charge is -2.18. The van der Waals surface area contributed by atoms with Crippen molar-refractivity contribution >= 4 is 28.9 Å². The van der Waals surface area contributed by atoms with Crippen molar-refractivity contribution in [2.24, 2.45) is 15.7 Å². The summed E-state index contributed by atoms with van der Waals surface area (Å²) in [6.07, 6.45) is 0. The van der Waals surface area contributed by atoms with Crippen molar-refractivity contribution in [3.8, 4) is 0 Å². The molecule has 3 aromatic rings. The topological polar surface area (TPSA) is 84.9 Å². The van der Waals surface area contributed by atoms with Gasteiger partial charge in [-0.05, 0) is 6.07 Å². The highest BCUT2D eigenvalue weighted by Gasteiger charge is 2.31. The van der Waals surface area contributed by atoms with Crippen LogP contribution in [0.1, 0.15) is 43.0 Å². The second kappa shape index (κ2) is 5.57. The van der Waals surface area contributed by atoms with Crippen LogP contribution in [0.15, 0.2) is 76.7 Å². The molecule has 5 heteroatoms. The van der Waals surface area contributed by atoms with Gasteiger partial charge in [0.2, 0.25) is 0 Å². The Morgan fingerprint density at radius 2 is 1.26 bits per heavy atom. The predicted molar refractivity (Wildman–Crippen MR) is 103 cm³/mol. The molecular formula is C22H13N3O2. The summed E-state index contributed by atoms with van der Waals surface area (Å²) >= 11 is 0. The van der Waals surface area contributed by atoms with E-state index in [-0.39, 0.29) is 11.6 Å². The van der Waals surface area contributed by atoms with Crippen molar-refractivity contribution in [1.29, 1.82) is 0 Å². The van der Waals surface area contributed by atoms with Crippen LogP contribution in [0.2, 0.25) is 0 Å². The van der Waals surface area contributed by atoms with E-state index in [1.807, 2.05) is 24.3 Å². The number of rotatable bonds is 1. The van der Waals surface area contributed by atoms with Gasteiger partial charge in [-0.3, -0.25) is 9.59 Å². The Morgan fingerprint density at radius 3 is 2.00 bits per heavy atom. The van der Waals surface area contributed by atoms with E-state index in [2.05, 4.69) is 9.98 Å². The van der Waals surface area contributed by atoms with E-state index in [1.54, 1.807) is 42.5 Å². The number of benzene rings is 3. The molecule has 0 saturated carbocycles. The summed E-state index contributed by atoms with van der Waals surface area (Å²) < 4.78 is 0. The first kappa shape index (κ1) is 15.4. The number of nitrogens with zero attached hydrogens (tertiary/aromatic N) is 2. The summed E-state index contributed by atoms with van der Waals surface area (Å²) in [6.45, 7) is 0. The molecule has 0 aromatic heterocycles. The molecule has 0 radical (unpaired) electrons. The molecule has 1 heterocycles. The molecule has 5 nitrogen and oxygen atoms in total. The van der Waals surface area contributed by atoms with Gasteiger partial charge in [-0.25, -0.2) is 9.98 Å². The first-order chi connectivity index (χ1) is 13.1. The van der Waals surface area contributed by atoms with Gasteiger partial charge in [0.05, 0.1) is 11.3 Å². The highest BCUT2D eigenvalue weighted by atomic mass is 16.1. The minimum absolute atomic E-state index is 0.169. The lowest BCUT2D eigenvalue weighted by atomic mass is 9.83. The molecule has 0 saturated heterocycles. The average Bonchev–Trinajstić information content (AvgIpc) is 3.02. The number of fused-ring (bicyclic) bond motifs is 3. The van der Waals surface area contributed by atoms with Crippen LogP contribution in [0.3, 0.4) is 0 Å². The zero-order valence-electron chi connectivity index (χ0n) is 14.1. The first-order valence-corrected chi connectivity index (χ1v) is 8.49. The third-order valence-corrected chi connectivity index (χ3v) is 4.83. The summed E-state index contributed by atoms with van der Waals surface area (Å²) in [6, 6.07) is 19.5. The van der Waals surface area contributed by atoms with Crippen LogP contribution in [0.4, 0.5) is 5.69 Å². The summed E-state index contributed by atoms with van der Waals surface area (Å²) in [4.78, 5) is 34.9. The Kier molecular flexibility index (Phi) is 3.18. The summed E-state index contributed by atoms with van der Waals surface area (Å²) in [5, 5.41) is 0. The maximum absolute atomic E-state index is 13.1. The van der Waals surface area contributed by atoms with Crippen LogP contribution >= 0.6 is 0 Å². The summed E-state index contributed by atoms with van der Waals surface area (Å²) in [5.74, 6) is 0.456. The van der Waals surface area contributed by atoms with Crippen LogP contribution in [0, 0.1) is 0 Å². The number of carbonyl (C=O) groups is 2. The molecule has 0 unspecified atom stereocenters. The van der Waals surface area contributed by atoms with Crippen molar-refractivity contribution in [1.82, 2.24) is 0 Å². The van der Waals surface area contributed by atoms with Crippen molar-refractivity contribution in [3.63, 3.8) is 0 Å². The smallest absolute Gasteiger partial charge is 0.196 e. The van der Waals surface area contributed by atoms with Gasteiger partial charge in [-0.1, -0.05) is 60.7 Å². The van der Waals surface area contributed by atoms with E-state index >= 15 is 0 Å². The zero-order chi connectivity index (χ0) is 18.5. The Morgan fingerprint density at radius 1 is 0.667 bits per heavy atom. The summed E-state index contributed by atoms with van der Waals surface area (Å²) in [7, 11) is 0. The molecule has 27 heavy (non-hydrogen) atoms. The molecule has 0 atom stereocenters. The SMILES string of the molecule is NC1=NC(=Nc2cccc3c2C(=O)c2ccccc2C3=O)c2ccccc21. The maximum atomic E-state index is 13.1. The molecule has 128 valence electrons. The molecule has 1 aliphatic carbocycles. The number of carbonyl (C=O) groups excluding carboxylic acids is 2. The number of hydrogen-bond acceptors (Lipinski definition) is 4. The highest BCUT2D eigenvalue weighted by Crippen LogP contribution is 2.34. The van der Waals surface area contributed by atoms with Gasteiger partial charge >= 0.3 is 0 Å². The Bertz CT molecular complexity index is 1220. The monoisotopic (exact) mass is 351 g/mol. The second-order valence-electron chi connectivity index (χ2n) is 6.38. The van der Waals surface area contributed by atoms with Crippen LogP contribution in [0.25, 0.3) is 0 Å². The average molecular weight is 351 g/mol. The summed E-state index contributed by atoms with van der Waals surface area (Å²) in [5.41, 5.74) is 9.53. The van der Waals surface area contributed by atoms with Crippen molar-refractivity contribution < 1.29 is 9.59 Å². The molecule has 3 aromatic carbocycles. The number of ketones is 2. The van der Waals surface area contributed by atoms with E-state index in [1.165, 1.54) is 0 Å². The molecule has 0 bridgehead atoms. The number of nitrogens with two attached hydrogens (primary N) is 1. The van der Waals surface area contributed by atoms with Gasteiger partial charge in [-0.2, -0.15) is 0 Å². The van der Waals surface area contributed by atoms with Gasteiger partial charge in [-0.15, -0.1) is 0 Å². The molecule has 5 rings (SSSR count). The van der Waals surface area contributed by atoms with E-state index in [9.17, 15) is 9.59 Å². The van der Waals surface area contributed by atoms with E-state index < -0.39 is 0 Å². The van der Waals surface area contributed by atoms with Crippen LogP contribution in [-0.4, -0.2) is 23.2 Å². The Hall–Kier alpha value is -3.86. The van der Waals surface area contributed by atoms with Crippen molar-refractivity contribution in [2.45, 2.75) is 0 Å². The molecule has 2 N–H and O–H groups in total. The molecule has 0 amide bonds. The third-order valence-electron chi connectivity index (χ3n) is 4.83. The maximum Gasteiger partial charge on any atom is 0.196 e. The second-order valence-corrected chi connectivity index (χ2v) is 6.38. The van der Waals surface area contributed by atoms with Gasteiger partial charge in [0, 0.05) is 27.8 Å². The minimum Gasteiger partial charge on any atom is -0.383 e. The fourth-order valence-electron chi connectivity index (χ4n) is 3.56. The molecule has 1 aliphatic heterocycles. The van der Waals surface area contributed by atoms with Gasteiger partial charge < -0.3 is 5.73 Å². The van der Waals surface area contributed by atoms with Gasteiger partial charge in [0.15, 0.2) is 17.4 Å². The van der Waals surface area contributed by atoms with E-state index in [0.717, 1.165) is 11.1 Å². The predicted octanol–water partition coefficient (Wildman–Crippen LogP) is 3.26. The minimum atomic E-state index is -0.205. The number of aliphatic imine (C=N–C) groups is 2. The third kappa shape index (κ3) is 2.18. The lowest BCUT2D eigenvalue weighted by Crippen LogP contribution is -2.20. The molecule has 0 fully saturated rings. The van der Waals surface area contributed by atoms with E-state index in [0.29, 0.717) is 39.6 Å². The lowest BCUT2D eigenvalue weighted by molar-refractivity contribution is 0.0979. The highest BCUT2D eigenvalue weighted by molar-refractivity contribution is 6.30. The van der Waals surface area contributed by atoms with E-state index in [4.69, 9.17) is 5.73 Å². The normalized spacial score (nSPS) is 16.0. The molecule has 2 aliphatic rings. The Labute approximate surface area is 154 Å². The zero-order valence-corrected chi connectivity index (χ0v) is 14.1. The number of hydrogen-bond donors (Lipinski definition) is 1. The molecular weight excluding hydrogens is 338 g/mol. The molecule has 0 spiro atoms.